The first kappa shape index (κ1) is 33.6. The number of amidine groups is 1. The van der Waals surface area contributed by atoms with Gasteiger partial charge in [0.1, 0.15) is 34.6 Å². The van der Waals surface area contributed by atoms with Crippen molar-refractivity contribution in [3.63, 3.8) is 0 Å². The van der Waals surface area contributed by atoms with Gasteiger partial charge in [0.15, 0.2) is 5.78 Å². The Morgan fingerprint density at radius 2 is 2.02 bits per heavy atom. The Morgan fingerprint density at radius 1 is 1.28 bits per heavy atom. The van der Waals surface area contributed by atoms with E-state index in [1.807, 2.05) is 0 Å². The maximum Gasteiger partial charge on any atom is 0.154 e. The van der Waals surface area contributed by atoms with E-state index in [1.54, 1.807) is 13.0 Å². The maximum atomic E-state index is 15.1. The molecule has 0 saturated carbocycles. The Hall–Kier alpha value is -3.74. The molecular formula is C37H46FN5O2S. The molecule has 3 heterocycles. The van der Waals surface area contributed by atoms with Gasteiger partial charge in [-0.25, -0.2) is 4.39 Å². The Kier molecular flexibility index (Phi) is 10.2. The van der Waals surface area contributed by atoms with E-state index in [0.717, 1.165) is 81.9 Å². The van der Waals surface area contributed by atoms with Gasteiger partial charge >= 0.3 is 0 Å². The number of nitrogen functional groups attached to an aromatic ring is 1. The van der Waals surface area contributed by atoms with E-state index in [9.17, 15) is 10.1 Å². The molecule has 0 spiro atoms. The minimum Gasteiger partial charge on any atom is -0.389 e. The van der Waals surface area contributed by atoms with E-state index in [0.29, 0.717) is 64.5 Å². The number of hydrogen-bond donors (Lipinski definition) is 2. The summed E-state index contributed by atoms with van der Waals surface area (Å²) in [5.74, 6) is 1.91. The molecule has 3 unspecified atom stereocenters. The number of aliphatic imine (C=N–C) groups is 1. The number of likely N-dealkylation sites (tertiary alicyclic amines) is 1. The molecule has 0 bridgehead atoms. The monoisotopic (exact) mass is 643 g/mol. The molecule has 1 aromatic heterocycles. The van der Waals surface area contributed by atoms with Crippen LogP contribution in [0.5, 0.6) is 0 Å². The highest BCUT2D eigenvalue weighted by atomic mass is 32.1. The fraction of sp³-hybridized carbons (Fsp3) is 0.486. The fourth-order valence-electron chi connectivity index (χ4n) is 7.16. The number of halogens is 1. The van der Waals surface area contributed by atoms with Gasteiger partial charge in [-0.1, -0.05) is 40.2 Å². The number of allylic oxidation sites excluding steroid dienone is 1. The third-order valence-electron chi connectivity index (χ3n) is 9.79. The molecule has 3 N–H and O–H groups in total. The van der Waals surface area contributed by atoms with Gasteiger partial charge in [-0.2, -0.15) is 5.26 Å². The zero-order chi connectivity index (χ0) is 33.3. The van der Waals surface area contributed by atoms with Gasteiger partial charge in [0, 0.05) is 23.5 Å². The van der Waals surface area contributed by atoms with Crippen LogP contribution in [0, 0.1) is 30.0 Å². The molecule has 1 saturated heterocycles. The van der Waals surface area contributed by atoms with Gasteiger partial charge in [-0.15, -0.1) is 11.3 Å². The number of benzene rings is 2. The van der Waals surface area contributed by atoms with Crippen LogP contribution in [0.4, 0.5) is 9.39 Å². The number of ketones is 1. The van der Waals surface area contributed by atoms with Crippen molar-refractivity contribution in [2.75, 3.05) is 12.3 Å². The van der Waals surface area contributed by atoms with Crippen LogP contribution in [0.3, 0.4) is 0 Å². The second kappa shape index (κ2) is 13.9. The Bertz CT molecular complexity index is 1760. The van der Waals surface area contributed by atoms with Crippen LogP contribution in [0.2, 0.25) is 0 Å². The van der Waals surface area contributed by atoms with Crippen molar-refractivity contribution in [2.24, 2.45) is 10.9 Å². The lowest BCUT2D eigenvalue weighted by atomic mass is 9.82. The number of Topliss-reactive ketones (excluding diaryl/α,β-unsaturated/α-hetero) is 1. The number of nitriles is 1. The third kappa shape index (κ3) is 5.93. The van der Waals surface area contributed by atoms with E-state index in [1.165, 1.54) is 6.07 Å². The highest BCUT2D eigenvalue weighted by Crippen LogP contribution is 2.46. The van der Waals surface area contributed by atoms with Gasteiger partial charge in [0.2, 0.25) is 0 Å². The minimum absolute atomic E-state index is 0.0380. The first-order chi connectivity index (χ1) is 22.1. The van der Waals surface area contributed by atoms with Gasteiger partial charge in [0.25, 0.3) is 0 Å². The summed E-state index contributed by atoms with van der Waals surface area (Å²) in [6.45, 7) is 16.3. The standard InChI is InChI=1S/C37H46FN5O2S/c1-8-11-30(23(7)44)41-37(42-31(12-9-2)43-16-15-20(4)22(43)6)32-21(5)24(10-3)33(28-19-45-18-27(28)32)25-13-14-29(38)35-34(25)26(17-39)36(40)46-35/h12-14,20,22,30H,8-11,15-16,18-19,40H2,1-7H3,(H,41,42)/b31-12-. The second-order valence-corrected chi connectivity index (χ2v) is 13.7. The number of carbonyl (C=O) groups is 1. The molecule has 3 atom stereocenters. The third-order valence-corrected chi connectivity index (χ3v) is 10.8. The number of fused-ring (bicyclic) bond motifs is 2. The highest BCUT2D eigenvalue weighted by Gasteiger charge is 2.33. The number of nitrogens with zero attached hydrogens (tertiary/aromatic N) is 3. The normalized spacial score (nSPS) is 19.1. The largest absolute Gasteiger partial charge is 0.389 e. The fourth-order valence-corrected chi connectivity index (χ4v) is 8.10. The predicted octanol–water partition coefficient (Wildman–Crippen LogP) is 8.14. The van der Waals surface area contributed by atoms with Crippen molar-refractivity contribution in [2.45, 2.75) is 106 Å². The van der Waals surface area contributed by atoms with E-state index in [4.69, 9.17) is 15.5 Å². The molecule has 9 heteroatoms. The van der Waals surface area contributed by atoms with E-state index in [2.05, 4.69) is 63.9 Å². The predicted molar refractivity (Wildman–Crippen MR) is 186 cm³/mol. The molecule has 3 aromatic rings. The number of anilines is 1. The summed E-state index contributed by atoms with van der Waals surface area (Å²) >= 11 is 1.11. The Balaban J connectivity index is 1.79. The smallest absolute Gasteiger partial charge is 0.154 e. The molecular weight excluding hydrogens is 598 g/mol. The minimum atomic E-state index is -0.476. The van der Waals surface area contributed by atoms with Crippen molar-refractivity contribution in [1.29, 1.82) is 5.26 Å². The number of nitrogens with two attached hydrogens (primary N) is 1. The van der Waals surface area contributed by atoms with Crippen molar-refractivity contribution in [3.05, 3.63) is 63.2 Å². The molecule has 244 valence electrons. The lowest BCUT2D eigenvalue weighted by Crippen LogP contribution is -2.40. The zero-order valence-corrected chi connectivity index (χ0v) is 29.0. The molecule has 5 rings (SSSR count). The van der Waals surface area contributed by atoms with Crippen LogP contribution in [0.25, 0.3) is 21.2 Å². The Morgan fingerprint density at radius 3 is 2.63 bits per heavy atom. The van der Waals surface area contributed by atoms with Crippen molar-refractivity contribution < 1.29 is 13.9 Å². The van der Waals surface area contributed by atoms with Crippen molar-refractivity contribution >= 4 is 38.0 Å². The lowest BCUT2D eigenvalue weighted by molar-refractivity contribution is -0.118. The summed E-state index contributed by atoms with van der Waals surface area (Å²) in [6.07, 6.45) is 6.37. The highest BCUT2D eigenvalue weighted by molar-refractivity contribution is 7.23. The van der Waals surface area contributed by atoms with Crippen LogP contribution in [0.1, 0.15) is 101 Å². The number of hydrogen-bond acceptors (Lipinski definition) is 7. The molecule has 7 nitrogen and oxygen atoms in total. The van der Waals surface area contributed by atoms with Crippen LogP contribution in [-0.4, -0.2) is 35.1 Å². The van der Waals surface area contributed by atoms with Crippen LogP contribution >= 0.6 is 11.3 Å². The molecule has 2 aromatic carbocycles. The number of nitrogens with one attached hydrogen (secondary N) is 1. The summed E-state index contributed by atoms with van der Waals surface area (Å²) in [4.78, 5) is 20.5. The first-order valence-electron chi connectivity index (χ1n) is 16.6. The van der Waals surface area contributed by atoms with Crippen LogP contribution < -0.4 is 11.1 Å². The second-order valence-electron chi connectivity index (χ2n) is 12.6. The number of rotatable bonds is 10. The summed E-state index contributed by atoms with van der Waals surface area (Å²) in [5, 5.41) is 14.7. The first-order valence-corrected chi connectivity index (χ1v) is 17.4. The van der Waals surface area contributed by atoms with Gasteiger partial charge in [0.05, 0.1) is 23.5 Å². The molecule has 0 amide bonds. The molecule has 0 radical (unpaired) electrons. The summed E-state index contributed by atoms with van der Waals surface area (Å²) in [6, 6.07) is 5.36. The van der Waals surface area contributed by atoms with Crippen molar-refractivity contribution in [3.8, 4) is 17.2 Å². The van der Waals surface area contributed by atoms with Crippen molar-refractivity contribution in [1.82, 2.24) is 10.2 Å². The van der Waals surface area contributed by atoms with Gasteiger partial charge in [-0.3, -0.25) is 9.79 Å². The summed E-state index contributed by atoms with van der Waals surface area (Å²) in [7, 11) is 0. The number of thiophene rings is 1. The SMILES string of the molecule is CC/C=C(/NC(=NC(CCC)C(C)=O)c1c(C)c(CC)c(-c2ccc(F)c3sc(N)c(C#N)c23)c2c1COC2)N1CCC(C)C1C. The van der Waals surface area contributed by atoms with E-state index in [-0.39, 0.29) is 11.6 Å². The number of carbonyl (C=O) groups excluding carboxylic acids is 1. The van der Waals surface area contributed by atoms with Crippen LogP contribution in [0.15, 0.2) is 29.0 Å². The average Bonchev–Trinajstić information content (AvgIpc) is 3.73. The molecule has 1 fully saturated rings. The van der Waals surface area contributed by atoms with Gasteiger partial charge in [-0.05, 0) is 97.9 Å². The average molecular weight is 644 g/mol. The van der Waals surface area contributed by atoms with E-state index >= 15 is 4.39 Å². The number of ether oxygens (including phenoxy) is 1. The maximum absolute atomic E-state index is 15.1. The quantitative estimate of drug-likeness (QED) is 0.171. The summed E-state index contributed by atoms with van der Waals surface area (Å²) < 4.78 is 21.6. The Labute approximate surface area is 276 Å². The van der Waals surface area contributed by atoms with Gasteiger partial charge < -0.3 is 20.7 Å². The van der Waals surface area contributed by atoms with E-state index < -0.39 is 6.04 Å². The molecule has 2 aliphatic heterocycles. The lowest BCUT2D eigenvalue weighted by Gasteiger charge is -2.31. The topological polar surface area (TPSA) is 104 Å². The zero-order valence-electron chi connectivity index (χ0n) is 28.1. The molecule has 46 heavy (non-hydrogen) atoms. The summed E-state index contributed by atoms with van der Waals surface area (Å²) in [5.41, 5.74) is 13.4. The molecule has 2 aliphatic rings. The molecule has 0 aliphatic carbocycles. The van der Waals surface area contributed by atoms with Crippen LogP contribution in [-0.2, 0) is 29.2 Å².